The summed E-state index contributed by atoms with van der Waals surface area (Å²) in [6, 6.07) is 1.93. The van der Waals surface area contributed by atoms with E-state index in [1.807, 2.05) is 118 Å². The predicted molar refractivity (Wildman–Crippen MR) is 629 cm³/mol. The molecular weight excluding hydrogens is 2260 g/mol. The lowest BCUT2D eigenvalue weighted by atomic mass is 10.4. The highest BCUT2D eigenvalue weighted by Gasteiger charge is 2.59. The lowest BCUT2D eigenvalue weighted by Crippen LogP contribution is -2.63. The summed E-state index contributed by atoms with van der Waals surface area (Å²) in [7, 11) is -87.5. The molecule has 0 rings (SSSR count). The topological polar surface area (TPSA) is 303 Å². The van der Waals surface area contributed by atoms with Crippen LogP contribution in [-0.4, -0.2) is 277 Å². The van der Waals surface area contributed by atoms with Crippen molar-refractivity contribution < 1.29 is 133 Å². The highest BCUT2D eigenvalue weighted by atomic mass is 28.6. The van der Waals surface area contributed by atoms with Crippen molar-refractivity contribution >= 4 is 271 Å². The number of carbonyl (C=O) groups excluding carboxylic acids is 1. The molecule has 0 fully saturated rings. The van der Waals surface area contributed by atoms with Crippen LogP contribution < -0.4 is 0 Å². The molecule has 0 heterocycles. The van der Waals surface area contributed by atoms with Gasteiger partial charge in [-0.1, -0.05) is 26.3 Å². The molecule has 0 atom stereocenters. The molecule has 0 aliphatic carbocycles. The molecule has 814 valence electrons. The average molecular weight is 2470 g/mol. The molecule has 0 radical (unpaired) electrons. The van der Waals surface area contributed by atoms with Gasteiger partial charge in [-0.15, -0.1) is 0 Å². The van der Waals surface area contributed by atoms with E-state index in [4.69, 9.17) is 128 Å². The maximum absolute atomic E-state index is 11.9. The van der Waals surface area contributed by atoms with E-state index in [1.165, 1.54) is 0 Å². The van der Waals surface area contributed by atoms with Crippen molar-refractivity contribution in [3.8, 4) is 0 Å². The van der Waals surface area contributed by atoms with Gasteiger partial charge >= 0.3 is 254 Å². The molecule has 63 heteroatoms. The summed E-state index contributed by atoms with van der Waals surface area (Å²) in [5.41, 5.74) is 0.390. The summed E-state index contributed by atoms with van der Waals surface area (Å²) in [5, 5.41) is 0. The zero-order chi connectivity index (χ0) is 109. The second-order valence-electron chi connectivity index (χ2n) is 50.3. The largest absolute Gasteiger partial charge is 0.462 e. The molecule has 0 bridgehead atoms. The first kappa shape index (κ1) is 141. The van der Waals surface area contributed by atoms with E-state index in [9.17, 15) is 4.79 Å². The van der Waals surface area contributed by atoms with Crippen LogP contribution in [0.25, 0.3) is 0 Å². The Kier molecular flexibility index (Phi) is 50.9. The zero-order valence-electron chi connectivity index (χ0n) is 98.5. The fraction of sp³-hybridized carbons (Fsp3) is 0.959. The van der Waals surface area contributed by atoms with Gasteiger partial charge in [0, 0.05) is 5.57 Å². The number of unbranched alkanes of at least 4 members (excludes halogenated alkanes) is 1. The molecule has 0 aliphatic rings. The third-order valence-electron chi connectivity index (χ3n) is 17.4. The Morgan fingerprint density at radius 3 is 0.338 bits per heavy atom. The second-order valence-corrected chi connectivity index (χ2v) is 164. The monoisotopic (exact) mass is 2460 g/mol. The summed E-state index contributed by atoms with van der Waals surface area (Å²) in [6.07, 6.45) is 3.02. The molecule has 0 aliphatic heterocycles. The van der Waals surface area contributed by atoms with Crippen LogP contribution in [0, 0.1) is 0 Å². The molecule has 0 aromatic rings. The molecule has 0 N–H and O–H groups in total. The Morgan fingerprint density at radius 1 is 0.162 bits per heavy atom. The average Bonchev–Trinajstić information content (AvgIpc) is 0.794. The van der Waals surface area contributed by atoms with Crippen molar-refractivity contribution in [2.24, 2.45) is 0 Å². The number of hydrogen-bond donors (Lipinski definition) is 0. The van der Waals surface area contributed by atoms with Crippen LogP contribution >= 0.6 is 0 Å². The van der Waals surface area contributed by atoms with Gasteiger partial charge in [0.2, 0.25) is 0 Å². The van der Waals surface area contributed by atoms with Crippen LogP contribution in [-0.2, 0) is 133 Å². The Bertz CT molecular complexity index is 3590. The van der Waals surface area contributed by atoms with Gasteiger partial charge in [-0.3, -0.25) is 0 Å². The van der Waals surface area contributed by atoms with Crippen molar-refractivity contribution in [1.82, 2.24) is 0 Å². The minimum atomic E-state index is -2.96. The molecule has 0 amide bonds. The minimum absolute atomic E-state index is 0.326. The Morgan fingerprint density at radius 2 is 0.250 bits per heavy atom. The van der Waals surface area contributed by atoms with Crippen LogP contribution in [0.1, 0.15) is 33.1 Å². The van der Waals surface area contributed by atoms with Crippen LogP contribution in [0.5, 0.6) is 0 Å². The van der Waals surface area contributed by atoms with Crippen LogP contribution in [0.3, 0.4) is 0 Å². The lowest BCUT2D eigenvalue weighted by Gasteiger charge is -2.45. The molecule has 0 saturated heterocycles. The first-order chi connectivity index (χ1) is 58.6. The van der Waals surface area contributed by atoms with Gasteiger partial charge < -0.3 is 128 Å². The summed E-state index contributed by atoms with van der Waals surface area (Å²) >= 11 is 0. The summed E-state index contributed by atoms with van der Waals surface area (Å²) in [4.78, 5) is 11.9. The van der Waals surface area contributed by atoms with Crippen molar-refractivity contribution in [1.29, 1.82) is 0 Å². The maximum Gasteiger partial charge on any atom is 0.333 e. The van der Waals surface area contributed by atoms with Crippen LogP contribution in [0.4, 0.5) is 0 Å². The fourth-order valence-electron chi connectivity index (χ4n) is 20.0. The second kappa shape index (κ2) is 49.2. The number of rotatable bonds is 68. The highest BCUT2D eigenvalue weighted by molar-refractivity contribution is 6.99. The van der Waals surface area contributed by atoms with Gasteiger partial charge in [0.25, 0.3) is 0 Å². The minimum Gasteiger partial charge on any atom is -0.462 e. The molecule has 0 aromatic carbocycles. The highest BCUT2D eigenvalue weighted by Crippen LogP contribution is 2.40. The van der Waals surface area contributed by atoms with E-state index in [2.05, 4.69) is 302 Å². The molecule has 136 heavy (non-hydrogen) atoms. The maximum atomic E-state index is 11.9. The molecule has 0 aromatic heterocycles. The summed E-state index contributed by atoms with van der Waals surface area (Å²) in [6.45, 7) is 136. The molecular formula is C73H206O32Si31. The lowest BCUT2D eigenvalue weighted by molar-refractivity contribution is -0.139. The van der Waals surface area contributed by atoms with Gasteiger partial charge in [-0.05, 0) is 431 Å². The van der Waals surface area contributed by atoms with Crippen molar-refractivity contribution in [3.05, 3.63) is 12.2 Å². The normalized spacial score (nSPS) is 15.9. The van der Waals surface area contributed by atoms with Gasteiger partial charge in [-0.25, -0.2) is 4.79 Å². The number of carbonyl (C=O) groups is 1. The van der Waals surface area contributed by atoms with Crippen molar-refractivity contribution in [2.45, 2.75) is 451 Å². The molecule has 0 spiro atoms. The smallest absolute Gasteiger partial charge is 0.333 e. The predicted octanol–water partition coefficient (Wildman–Crippen LogP) is 25.6. The molecule has 0 unspecified atom stereocenters. The molecule has 0 saturated carbocycles. The zero-order valence-corrected chi connectivity index (χ0v) is 130. The fourth-order valence-corrected chi connectivity index (χ4v) is 182. The number of hydrogen-bond acceptors (Lipinski definition) is 32. The third kappa shape index (κ3) is 64.7. The van der Waals surface area contributed by atoms with E-state index in [0.29, 0.717) is 18.6 Å². The molecule has 32 nitrogen and oxygen atoms in total. The summed E-state index contributed by atoms with van der Waals surface area (Å²) in [5.74, 6) is -0.373. The van der Waals surface area contributed by atoms with E-state index in [-0.39, 0.29) is 5.97 Å². The van der Waals surface area contributed by atoms with Crippen LogP contribution in [0.15, 0.2) is 12.2 Å². The van der Waals surface area contributed by atoms with Gasteiger partial charge in [-0.2, -0.15) is 0 Å². The standard InChI is InChI=1S/C73H206O32Si31/c1-66-67-70-106(4,5)76-108(8,9)78-110(12,13)80-112(16,17)82-114(20,21)84-116(24,25)86-118(28,29)88-120(32,33)90-122(36,37)92-124(40,41)94-126(44,45)96-128(48,49)98-130(52,53)100-132(56,57)102-134(60,61)104-136(64,65)105-135(62,63)103-133(58,59)101-131(54,55)99-129(50,51)97-127(46,47)95-125(42,43)93-123(38,39)91-121(34,35)89-119(30,31)87-117(26,27)85-115(22,23)83-113(18,19)81-111(14,15)79-109(10,11)77-107(6,7)71-68-69-75-73(74)72(2)3/h2,66-71H2,1,3-65H3. The van der Waals surface area contributed by atoms with Crippen LogP contribution in [0.2, 0.25) is 418 Å². The third-order valence-corrected chi connectivity index (χ3v) is 139. The van der Waals surface area contributed by atoms with Gasteiger partial charge in [0.1, 0.15) is 0 Å². The Labute approximate surface area is 865 Å². The number of esters is 1. The van der Waals surface area contributed by atoms with E-state index < -0.39 is 265 Å². The van der Waals surface area contributed by atoms with E-state index in [0.717, 1.165) is 24.9 Å². The Hall–Kier alpha value is 4.73. The Balaban J connectivity index is 5.97. The van der Waals surface area contributed by atoms with Crippen molar-refractivity contribution in [2.75, 3.05) is 6.61 Å². The quantitative estimate of drug-likeness (QED) is 0.0236. The van der Waals surface area contributed by atoms with Crippen molar-refractivity contribution in [3.63, 3.8) is 0 Å². The SMILES string of the molecule is C=C(C)C(=O)OCCC[Si](C)(C)O[Si](C)(C)O[Si](C)(C)O[Si](C)(C)O[Si](C)(C)O[Si](C)(C)O[Si](C)(C)O[Si](C)(C)O[Si](C)(C)O[Si](C)(C)O[Si](C)(C)O[Si](C)(C)O[Si](C)(C)O[Si](C)(C)O[Si](C)(C)O[Si](C)(C)O[Si](C)(C)O[Si](C)(C)O[Si](C)(C)O[Si](C)(C)O[Si](C)(C)O[Si](C)(C)O[Si](C)(C)O[Si](C)(C)O[Si](C)(C)O[Si](C)(C)O[Si](C)(C)O[Si](C)(C)O[Si](C)(C)O[Si](C)(C)O[Si](C)(C)CCCC. The number of ether oxygens (including phenoxy) is 1. The van der Waals surface area contributed by atoms with E-state index in [1.54, 1.807) is 6.92 Å². The first-order valence-corrected chi connectivity index (χ1v) is 136. The summed E-state index contributed by atoms with van der Waals surface area (Å²) < 4.78 is 215. The first-order valence-electron chi connectivity index (χ1n) is 48.5. The van der Waals surface area contributed by atoms with Gasteiger partial charge in [0.15, 0.2) is 16.6 Å². The van der Waals surface area contributed by atoms with E-state index >= 15 is 0 Å². The van der Waals surface area contributed by atoms with Gasteiger partial charge in [0.05, 0.1) is 6.61 Å².